The van der Waals surface area contributed by atoms with Crippen LogP contribution in [0, 0.1) is 0 Å². The second kappa shape index (κ2) is 9.20. The first-order chi connectivity index (χ1) is 12.3. The van der Waals surface area contributed by atoms with Gasteiger partial charge in [-0.05, 0) is 64.2 Å². The summed E-state index contributed by atoms with van der Waals surface area (Å²) in [6.45, 7) is 7.74. The van der Waals surface area contributed by atoms with Gasteiger partial charge in [0, 0.05) is 11.8 Å². The first-order valence-electron chi connectivity index (χ1n) is 8.50. The van der Waals surface area contributed by atoms with E-state index in [1.165, 1.54) is 0 Å². The second-order valence-electron chi connectivity index (χ2n) is 6.27. The van der Waals surface area contributed by atoms with Crippen LogP contribution < -0.4 is 20.1 Å². The normalized spacial score (nSPS) is 10.5. The number of carbonyl (C=O) groups is 1. The van der Waals surface area contributed by atoms with Crippen molar-refractivity contribution in [2.45, 2.75) is 39.9 Å². The van der Waals surface area contributed by atoms with Crippen LogP contribution >= 0.6 is 12.2 Å². The molecule has 0 aliphatic rings. The van der Waals surface area contributed by atoms with Crippen LogP contribution in [0.2, 0.25) is 0 Å². The first kappa shape index (κ1) is 19.7. The first-order valence-corrected chi connectivity index (χ1v) is 8.90. The van der Waals surface area contributed by atoms with Gasteiger partial charge in [0.15, 0.2) is 5.11 Å². The summed E-state index contributed by atoms with van der Waals surface area (Å²) in [4.78, 5) is 12.5. The topological polar surface area (TPSA) is 59.6 Å². The fourth-order valence-electron chi connectivity index (χ4n) is 2.26. The summed E-state index contributed by atoms with van der Waals surface area (Å²) in [7, 11) is 0. The Bertz CT molecular complexity index is 775. The number of carbonyl (C=O) groups excluding carboxylic acids is 1. The van der Waals surface area contributed by atoms with Gasteiger partial charge in [0.2, 0.25) is 0 Å². The van der Waals surface area contributed by atoms with Crippen LogP contribution in [0.3, 0.4) is 0 Å². The zero-order valence-electron chi connectivity index (χ0n) is 15.4. The zero-order valence-corrected chi connectivity index (χ0v) is 16.2. The predicted octanol–water partition coefficient (Wildman–Crippen LogP) is 4.39. The van der Waals surface area contributed by atoms with Gasteiger partial charge >= 0.3 is 0 Å². The van der Waals surface area contributed by atoms with Gasteiger partial charge in [-0.15, -0.1) is 0 Å². The summed E-state index contributed by atoms with van der Waals surface area (Å²) < 4.78 is 11.3. The maximum atomic E-state index is 12.5. The highest BCUT2D eigenvalue weighted by Crippen LogP contribution is 2.20. The van der Waals surface area contributed by atoms with Crippen LogP contribution in [0.1, 0.15) is 38.1 Å². The molecule has 0 saturated carbocycles. The Balaban J connectivity index is 2.03. The van der Waals surface area contributed by atoms with Crippen molar-refractivity contribution >= 4 is 28.9 Å². The highest BCUT2D eigenvalue weighted by atomic mass is 32.1. The average molecular weight is 372 g/mol. The SMILES string of the molecule is CC(C)Oc1cccc(NC(=S)NC(=O)c2ccccc2OC(C)C)c1. The molecule has 0 radical (unpaired) electrons. The maximum absolute atomic E-state index is 12.5. The summed E-state index contributed by atoms with van der Waals surface area (Å²) in [5.41, 5.74) is 1.17. The molecule has 0 atom stereocenters. The minimum absolute atomic E-state index is 0.0299. The minimum Gasteiger partial charge on any atom is -0.491 e. The summed E-state index contributed by atoms with van der Waals surface area (Å²) in [5, 5.41) is 5.88. The van der Waals surface area contributed by atoms with Gasteiger partial charge in [0.25, 0.3) is 5.91 Å². The van der Waals surface area contributed by atoms with E-state index < -0.39 is 0 Å². The number of thiocarbonyl (C=S) groups is 1. The third kappa shape index (κ3) is 6.04. The van der Waals surface area contributed by atoms with Crippen molar-refractivity contribution in [3.8, 4) is 11.5 Å². The highest BCUT2D eigenvalue weighted by molar-refractivity contribution is 7.80. The van der Waals surface area contributed by atoms with Crippen molar-refractivity contribution in [3.63, 3.8) is 0 Å². The molecule has 0 heterocycles. The van der Waals surface area contributed by atoms with E-state index in [0.717, 1.165) is 11.4 Å². The Kier molecular flexibility index (Phi) is 6.97. The average Bonchev–Trinajstić information content (AvgIpc) is 2.54. The van der Waals surface area contributed by atoms with E-state index in [9.17, 15) is 4.79 Å². The Morgan fingerprint density at radius 3 is 2.35 bits per heavy atom. The van der Waals surface area contributed by atoms with E-state index in [1.807, 2.05) is 58.0 Å². The second-order valence-corrected chi connectivity index (χ2v) is 6.67. The van der Waals surface area contributed by atoms with Crippen LogP contribution in [-0.2, 0) is 0 Å². The molecule has 0 fully saturated rings. The van der Waals surface area contributed by atoms with Gasteiger partial charge < -0.3 is 14.8 Å². The van der Waals surface area contributed by atoms with E-state index in [0.29, 0.717) is 11.3 Å². The Morgan fingerprint density at radius 2 is 1.65 bits per heavy atom. The van der Waals surface area contributed by atoms with E-state index in [1.54, 1.807) is 18.2 Å². The molecular formula is C20H24N2O3S. The van der Waals surface area contributed by atoms with Crippen molar-refractivity contribution in [2.75, 3.05) is 5.32 Å². The lowest BCUT2D eigenvalue weighted by atomic mass is 10.2. The number of hydrogen-bond acceptors (Lipinski definition) is 4. The summed E-state index contributed by atoms with van der Waals surface area (Å²) in [5.74, 6) is 0.929. The third-order valence-electron chi connectivity index (χ3n) is 3.19. The van der Waals surface area contributed by atoms with Gasteiger partial charge in [0.05, 0.1) is 17.8 Å². The van der Waals surface area contributed by atoms with Crippen LogP contribution in [0.15, 0.2) is 48.5 Å². The van der Waals surface area contributed by atoms with E-state index >= 15 is 0 Å². The number of rotatable bonds is 6. The molecule has 0 aliphatic heterocycles. The fraction of sp³-hybridized carbons (Fsp3) is 0.300. The molecule has 138 valence electrons. The quantitative estimate of drug-likeness (QED) is 0.737. The van der Waals surface area contributed by atoms with Gasteiger partial charge in [-0.2, -0.15) is 0 Å². The molecule has 6 heteroatoms. The van der Waals surface area contributed by atoms with Crippen molar-refractivity contribution in [2.24, 2.45) is 0 Å². The van der Waals surface area contributed by atoms with Gasteiger partial charge in [-0.3, -0.25) is 10.1 Å². The Hall–Kier alpha value is -2.60. The lowest BCUT2D eigenvalue weighted by Gasteiger charge is -2.15. The summed E-state index contributed by atoms with van der Waals surface area (Å²) in [6, 6.07) is 14.5. The Labute approximate surface area is 159 Å². The van der Waals surface area contributed by atoms with E-state index in [-0.39, 0.29) is 23.2 Å². The zero-order chi connectivity index (χ0) is 19.1. The van der Waals surface area contributed by atoms with E-state index in [4.69, 9.17) is 21.7 Å². The number of anilines is 1. The molecule has 0 bridgehead atoms. The van der Waals surface area contributed by atoms with Crippen LogP contribution in [0.4, 0.5) is 5.69 Å². The monoisotopic (exact) mass is 372 g/mol. The molecule has 0 aliphatic carbocycles. The molecular weight excluding hydrogens is 348 g/mol. The number of hydrogen-bond donors (Lipinski definition) is 2. The molecule has 2 aromatic carbocycles. The minimum atomic E-state index is -0.326. The molecule has 0 aromatic heterocycles. The van der Waals surface area contributed by atoms with Gasteiger partial charge in [0.1, 0.15) is 11.5 Å². The lowest BCUT2D eigenvalue weighted by molar-refractivity contribution is 0.0972. The number of para-hydroxylation sites is 1. The molecule has 2 aromatic rings. The summed E-state index contributed by atoms with van der Waals surface area (Å²) in [6.07, 6.45) is 0.0482. The van der Waals surface area contributed by atoms with Crippen LogP contribution in [0.5, 0.6) is 11.5 Å². The number of nitrogens with one attached hydrogen (secondary N) is 2. The molecule has 0 saturated heterocycles. The highest BCUT2D eigenvalue weighted by Gasteiger charge is 2.14. The molecule has 26 heavy (non-hydrogen) atoms. The molecule has 2 rings (SSSR count). The van der Waals surface area contributed by atoms with Crippen molar-refractivity contribution in [1.82, 2.24) is 5.32 Å². The van der Waals surface area contributed by atoms with Crippen LogP contribution in [0.25, 0.3) is 0 Å². The summed E-state index contributed by atoms with van der Waals surface area (Å²) >= 11 is 5.25. The number of benzene rings is 2. The molecule has 0 unspecified atom stereocenters. The number of amides is 1. The fourth-order valence-corrected chi connectivity index (χ4v) is 2.47. The van der Waals surface area contributed by atoms with Crippen molar-refractivity contribution < 1.29 is 14.3 Å². The molecule has 0 spiro atoms. The predicted molar refractivity (Wildman–Crippen MR) is 108 cm³/mol. The van der Waals surface area contributed by atoms with Crippen molar-refractivity contribution in [3.05, 3.63) is 54.1 Å². The third-order valence-corrected chi connectivity index (χ3v) is 3.39. The number of ether oxygens (including phenoxy) is 2. The molecule has 2 N–H and O–H groups in total. The Morgan fingerprint density at radius 1 is 0.962 bits per heavy atom. The maximum Gasteiger partial charge on any atom is 0.261 e. The van der Waals surface area contributed by atoms with Gasteiger partial charge in [-0.25, -0.2) is 0 Å². The lowest BCUT2D eigenvalue weighted by Crippen LogP contribution is -2.34. The molecule has 5 nitrogen and oxygen atoms in total. The van der Waals surface area contributed by atoms with Gasteiger partial charge in [-0.1, -0.05) is 18.2 Å². The van der Waals surface area contributed by atoms with Crippen LogP contribution in [-0.4, -0.2) is 23.2 Å². The largest absolute Gasteiger partial charge is 0.491 e. The van der Waals surface area contributed by atoms with Crippen molar-refractivity contribution in [1.29, 1.82) is 0 Å². The van der Waals surface area contributed by atoms with E-state index in [2.05, 4.69) is 10.6 Å². The standard InChI is InChI=1S/C20H24N2O3S/c1-13(2)24-16-9-7-8-15(12-16)21-20(26)22-19(23)17-10-5-6-11-18(17)25-14(3)4/h5-14H,1-4H3,(H2,21,22,23,26). The molecule has 1 amide bonds. The smallest absolute Gasteiger partial charge is 0.261 e.